The predicted molar refractivity (Wildman–Crippen MR) is 116 cm³/mol. The van der Waals surface area contributed by atoms with Crippen molar-refractivity contribution in [3.05, 3.63) is 48.5 Å². The van der Waals surface area contributed by atoms with Gasteiger partial charge in [0.05, 0.1) is 18.1 Å². The molecule has 1 aromatic heterocycles. The van der Waals surface area contributed by atoms with Gasteiger partial charge in [0.2, 0.25) is 5.95 Å². The van der Waals surface area contributed by atoms with E-state index >= 15 is 0 Å². The van der Waals surface area contributed by atoms with E-state index in [0.29, 0.717) is 11.6 Å². The number of fused-ring (bicyclic) bond motifs is 1. The highest BCUT2D eigenvalue weighted by atomic mass is 16.5. The standard InChI is InChI=1S/C22H27N5O2/c1-29-18-11-9-17(10-12-18)23-22(28)25-21-24-19-7-3-4-8-20(19)27(21)16-15-26-13-5-2-6-14-26/h3-4,7-12H,2,5-6,13-16H2,1H3,(H2,23,24,25,28). The highest BCUT2D eigenvalue weighted by molar-refractivity contribution is 5.99. The molecule has 0 saturated carbocycles. The van der Waals surface area contributed by atoms with Gasteiger partial charge in [-0.15, -0.1) is 0 Å². The number of piperidine rings is 1. The number of nitrogens with zero attached hydrogens (tertiary/aromatic N) is 3. The quantitative estimate of drug-likeness (QED) is 0.659. The minimum absolute atomic E-state index is 0.315. The maximum atomic E-state index is 12.6. The van der Waals surface area contributed by atoms with Crippen LogP contribution >= 0.6 is 0 Å². The van der Waals surface area contributed by atoms with E-state index in [1.54, 1.807) is 19.2 Å². The molecule has 152 valence electrons. The van der Waals surface area contributed by atoms with Crippen molar-refractivity contribution >= 4 is 28.7 Å². The second-order valence-corrected chi connectivity index (χ2v) is 7.29. The van der Waals surface area contributed by atoms with Crippen molar-refractivity contribution < 1.29 is 9.53 Å². The van der Waals surface area contributed by atoms with E-state index in [9.17, 15) is 4.79 Å². The summed E-state index contributed by atoms with van der Waals surface area (Å²) in [5.74, 6) is 1.31. The minimum atomic E-state index is -0.315. The maximum Gasteiger partial charge on any atom is 0.326 e. The predicted octanol–water partition coefficient (Wildman–Crippen LogP) is 4.17. The zero-order valence-electron chi connectivity index (χ0n) is 16.7. The monoisotopic (exact) mass is 393 g/mol. The molecule has 1 saturated heterocycles. The number of amides is 2. The number of carbonyl (C=O) groups is 1. The van der Waals surface area contributed by atoms with Crippen LogP contribution < -0.4 is 15.4 Å². The molecule has 29 heavy (non-hydrogen) atoms. The summed E-state index contributed by atoms with van der Waals surface area (Å²) in [4.78, 5) is 19.7. The lowest BCUT2D eigenvalue weighted by atomic mass is 10.1. The van der Waals surface area contributed by atoms with Crippen molar-refractivity contribution in [2.75, 3.05) is 37.4 Å². The third kappa shape index (κ3) is 4.68. The second-order valence-electron chi connectivity index (χ2n) is 7.29. The van der Waals surface area contributed by atoms with Crippen LogP contribution in [0.15, 0.2) is 48.5 Å². The lowest BCUT2D eigenvalue weighted by Crippen LogP contribution is -2.33. The van der Waals surface area contributed by atoms with Crippen LogP contribution in [0.4, 0.5) is 16.4 Å². The molecular formula is C22H27N5O2. The molecule has 7 nitrogen and oxygen atoms in total. The van der Waals surface area contributed by atoms with Crippen LogP contribution in [0.25, 0.3) is 11.0 Å². The average molecular weight is 393 g/mol. The Morgan fingerprint density at radius 1 is 1.00 bits per heavy atom. The molecule has 0 bridgehead atoms. The van der Waals surface area contributed by atoms with Crippen LogP contribution in [0.5, 0.6) is 5.75 Å². The molecule has 2 amide bonds. The van der Waals surface area contributed by atoms with E-state index in [-0.39, 0.29) is 6.03 Å². The third-order valence-corrected chi connectivity index (χ3v) is 5.32. The summed E-state index contributed by atoms with van der Waals surface area (Å²) in [5, 5.41) is 5.77. The summed E-state index contributed by atoms with van der Waals surface area (Å²) in [6.45, 7) is 4.04. The molecule has 1 fully saturated rings. The smallest absolute Gasteiger partial charge is 0.326 e. The Labute approximate surface area is 170 Å². The molecule has 3 aromatic rings. The molecule has 0 unspecified atom stereocenters. The van der Waals surface area contributed by atoms with E-state index in [2.05, 4.69) is 25.1 Å². The number of likely N-dealkylation sites (tertiary alicyclic amines) is 1. The van der Waals surface area contributed by atoms with Crippen LogP contribution in [0.1, 0.15) is 19.3 Å². The maximum absolute atomic E-state index is 12.6. The van der Waals surface area contributed by atoms with Crippen molar-refractivity contribution in [3.63, 3.8) is 0 Å². The molecule has 2 N–H and O–H groups in total. The van der Waals surface area contributed by atoms with Gasteiger partial charge in [0.25, 0.3) is 0 Å². The first-order valence-corrected chi connectivity index (χ1v) is 10.1. The Bertz CT molecular complexity index is 961. The number of hydrogen-bond donors (Lipinski definition) is 2. The minimum Gasteiger partial charge on any atom is -0.497 e. The summed E-state index contributed by atoms with van der Waals surface area (Å²) in [7, 11) is 1.61. The van der Waals surface area contributed by atoms with E-state index < -0.39 is 0 Å². The molecule has 0 spiro atoms. The van der Waals surface area contributed by atoms with E-state index in [1.165, 1.54) is 19.3 Å². The van der Waals surface area contributed by atoms with Crippen LogP contribution in [-0.2, 0) is 6.54 Å². The summed E-state index contributed by atoms with van der Waals surface area (Å²) in [6, 6.07) is 14.9. The van der Waals surface area contributed by atoms with Crippen molar-refractivity contribution in [2.45, 2.75) is 25.8 Å². The Morgan fingerprint density at radius 3 is 2.52 bits per heavy atom. The molecule has 7 heteroatoms. The number of imidazole rings is 1. The lowest BCUT2D eigenvalue weighted by molar-refractivity contribution is 0.222. The van der Waals surface area contributed by atoms with E-state index in [4.69, 9.17) is 4.74 Å². The second kappa shape index (κ2) is 8.96. The van der Waals surface area contributed by atoms with Gasteiger partial charge in [-0.05, 0) is 62.3 Å². The molecule has 1 aliphatic rings. The molecular weight excluding hydrogens is 366 g/mol. The highest BCUT2D eigenvalue weighted by Gasteiger charge is 2.15. The normalized spacial score (nSPS) is 14.7. The number of benzene rings is 2. The van der Waals surface area contributed by atoms with Crippen molar-refractivity contribution in [3.8, 4) is 5.75 Å². The molecule has 0 radical (unpaired) electrons. The number of urea groups is 1. The summed E-state index contributed by atoms with van der Waals surface area (Å²) in [5.41, 5.74) is 2.61. The van der Waals surface area contributed by atoms with Gasteiger partial charge in [0.15, 0.2) is 0 Å². The average Bonchev–Trinajstić information content (AvgIpc) is 3.10. The number of anilines is 2. The van der Waals surface area contributed by atoms with Crippen molar-refractivity contribution in [1.82, 2.24) is 14.5 Å². The Kier molecular flexibility index (Phi) is 5.95. The van der Waals surface area contributed by atoms with Gasteiger partial charge in [0.1, 0.15) is 5.75 Å². The van der Waals surface area contributed by atoms with Crippen molar-refractivity contribution in [2.24, 2.45) is 0 Å². The first-order valence-electron chi connectivity index (χ1n) is 10.1. The van der Waals surface area contributed by atoms with Gasteiger partial charge in [-0.2, -0.15) is 0 Å². The van der Waals surface area contributed by atoms with Gasteiger partial charge >= 0.3 is 6.03 Å². The van der Waals surface area contributed by atoms with Crippen LogP contribution in [0, 0.1) is 0 Å². The first kappa shape index (κ1) is 19.3. The Hall–Kier alpha value is -3.06. The van der Waals surface area contributed by atoms with Gasteiger partial charge in [-0.1, -0.05) is 18.6 Å². The Balaban J connectivity index is 1.48. The first-order chi connectivity index (χ1) is 14.2. The van der Waals surface area contributed by atoms with E-state index in [0.717, 1.165) is 43.0 Å². The van der Waals surface area contributed by atoms with Crippen LogP contribution in [0.3, 0.4) is 0 Å². The number of nitrogens with one attached hydrogen (secondary N) is 2. The number of aromatic nitrogens is 2. The van der Waals surface area contributed by atoms with Gasteiger partial charge in [0, 0.05) is 18.8 Å². The fraction of sp³-hybridized carbons (Fsp3) is 0.364. The lowest BCUT2D eigenvalue weighted by Gasteiger charge is -2.26. The number of hydrogen-bond acceptors (Lipinski definition) is 4. The highest BCUT2D eigenvalue weighted by Crippen LogP contribution is 2.21. The number of carbonyl (C=O) groups excluding carboxylic acids is 1. The summed E-state index contributed by atoms with van der Waals surface area (Å²) >= 11 is 0. The van der Waals surface area contributed by atoms with Gasteiger partial charge in [-0.3, -0.25) is 5.32 Å². The van der Waals surface area contributed by atoms with Gasteiger partial charge < -0.3 is 19.5 Å². The fourth-order valence-corrected chi connectivity index (χ4v) is 3.76. The SMILES string of the molecule is COc1ccc(NC(=O)Nc2nc3ccccc3n2CCN2CCCCC2)cc1. The number of ether oxygens (including phenoxy) is 1. The molecule has 0 aliphatic carbocycles. The van der Waals surface area contributed by atoms with Crippen molar-refractivity contribution in [1.29, 1.82) is 0 Å². The summed E-state index contributed by atoms with van der Waals surface area (Å²) in [6.07, 6.45) is 3.85. The molecule has 4 rings (SSSR count). The topological polar surface area (TPSA) is 71.4 Å². The van der Waals surface area contributed by atoms with Crippen LogP contribution in [0.2, 0.25) is 0 Å². The summed E-state index contributed by atoms with van der Waals surface area (Å²) < 4.78 is 7.25. The zero-order valence-corrected chi connectivity index (χ0v) is 16.7. The molecule has 2 aromatic carbocycles. The molecule has 1 aliphatic heterocycles. The number of methoxy groups -OCH3 is 1. The zero-order chi connectivity index (χ0) is 20.1. The van der Waals surface area contributed by atoms with Crippen LogP contribution in [-0.4, -0.2) is 47.2 Å². The number of para-hydroxylation sites is 2. The number of rotatable bonds is 6. The molecule has 0 atom stereocenters. The van der Waals surface area contributed by atoms with Gasteiger partial charge in [-0.25, -0.2) is 9.78 Å². The third-order valence-electron chi connectivity index (χ3n) is 5.32. The largest absolute Gasteiger partial charge is 0.497 e. The van der Waals surface area contributed by atoms with E-state index in [1.807, 2.05) is 36.4 Å². The fourth-order valence-electron chi connectivity index (χ4n) is 3.76. The molecule has 2 heterocycles. The Morgan fingerprint density at radius 2 is 1.76 bits per heavy atom.